The Kier molecular flexibility index (Phi) is 4.58. The highest BCUT2D eigenvalue weighted by Gasteiger charge is 2.13. The third-order valence-corrected chi connectivity index (χ3v) is 1.72. The predicted octanol–water partition coefficient (Wildman–Crippen LogP) is 0.681. The van der Waals surface area contributed by atoms with Gasteiger partial charge in [-0.25, -0.2) is 0 Å². The summed E-state index contributed by atoms with van der Waals surface area (Å²) in [5.74, 6) is 0. The minimum absolute atomic E-state index is 0.181. The number of hydrogen-bond acceptors (Lipinski definition) is 3. The maximum absolute atomic E-state index is 9.82. The molecule has 0 aromatic heterocycles. The monoisotopic (exact) mass is 177 g/mol. The van der Waals surface area contributed by atoms with Crippen LogP contribution in [0, 0.1) is 10.1 Å². The Hall–Kier alpha value is -0.840. The summed E-state index contributed by atoms with van der Waals surface area (Å²) in [4.78, 5) is 14.1. The highest BCUT2D eigenvalue weighted by atomic mass is 16.9. The highest BCUT2D eigenvalue weighted by molar-refractivity contribution is 4.31. The fraction of sp³-hybridized carbons (Fsp3) is 1.00. The molecule has 0 N–H and O–H groups in total. The van der Waals surface area contributed by atoms with Crippen LogP contribution in [0.25, 0.3) is 0 Å². The van der Waals surface area contributed by atoms with Gasteiger partial charge in [-0.15, -0.1) is 10.1 Å². The summed E-state index contributed by atoms with van der Waals surface area (Å²) in [6.07, 6.45) is 1.07. The van der Waals surface area contributed by atoms with Crippen LogP contribution < -0.4 is 0 Å². The van der Waals surface area contributed by atoms with E-state index in [0.717, 1.165) is 17.4 Å². The summed E-state index contributed by atoms with van der Waals surface area (Å²) >= 11 is 0. The van der Waals surface area contributed by atoms with Gasteiger partial charge in [0.2, 0.25) is 0 Å². The maximum atomic E-state index is 9.82. The van der Waals surface area contributed by atoms with Crippen molar-refractivity contribution in [1.82, 2.24) is 0 Å². The van der Waals surface area contributed by atoms with Gasteiger partial charge in [-0.05, 0) is 6.42 Å². The molecule has 0 aromatic carbocycles. The zero-order valence-corrected chi connectivity index (χ0v) is 7.95. The fourth-order valence-electron chi connectivity index (χ4n) is 1.08. The summed E-state index contributed by atoms with van der Waals surface area (Å²) in [7, 11) is 4.07. The lowest BCUT2D eigenvalue weighted by atomic mass is 10.4. The largest absolute Gasteiger partial charge is 0.327 e. The van der Waals surface area contributed by atoms with Gasteiger partial charge in [0.05, 0.1) is 20.6 Å². The minimum Gasteiger partial charge on any atom is -0.327 e. The normalized spacial score (nSPS) is 11.2. The molecule has 0 saturated heterocycles. The van der Waals surface area contributed by atoms with Gasteiger partial charge in [0.1, 0.15) is 13.2 Å². The Morgan fingerprint density at radius 1 is 1.42 bits per heavy atom. The van der Waals surface area contributed by atoms with E-state index in [4.69, 9.17) is 0 Å². The van der Waals surface area contributed by atoms with E-state index in [-0.39, 0.29) is 6.61 Å². The fourth-order valence-corrected chi connectivity index (χ4v) is 1.08. The summed E-state index contributed by atoms with van der Waals surface area (Å²) < 4.78 is 0.768. The average molecular weight is 177 g/mol. The van der Waals surface area contributed by atoms with Gasteiger partial charge < -0.3 is 9.32 Å². The first-order valence-corrected chi connectivity index (χ1v) is 4.07. The summed E-state index contributed by atoms with van der Waals surface area (Å²) in [5, 5.41) is 9.08. The Balaban J connectivity index is 3.53. The van der Waals surface area contributed by atoms with Gasteiger partial charge in [-0.1, -0.05) is 6.92 Å². The first-order chi connectivity index (χ1) is 5.48. The van der Waals surface area contributed by atoms with Crippen molar-refractivity contribution in [3.63, 3.8) is 0 Å². The van der Waals surface area contributed by atoms with Crippen molar-refractivity contribution in [2.75, 3.05) is 33.8 Å². The Morgan fingerprint density at radius 2 is 2.00 bits per heavy atom. The molecule has 0 unspecified atom stereocenters. The van der Waals surface area contributed by atoms with E-state index in [1.165, 1.54) is 0 Å². The Bertz CT molecular complexity index is 148. The van der Waals surface area contributed by atoms with Gasteiger partial charge in [0.15, 0.2) is 0 Å². The van der Waals surface area contributed by atoms with Crippen LogP contribution >= 0.6 is 0 Å². The molecule has 12 heavy (non-hydrogen) atoms. The van der Waals surface area contributed by atoms with Crippen LogP contribution in [-0.2, 0) is 4.84 Å². The number of hydrogen-bond donors (Lipinski definition) is 0. The molecule has 72 valence electrons. The molecule has 0 radical (unpaired) electrons. The maximum Gasteiger partial charge on any atom is 0.294 e. The topological polar surface area (TPSA) is 52.4 Å². The molecule has 0 spiro atoms. The van der Waals surface area contributed by atoms with E-state index in [0.29, 0.717) is 6.54 Å². The lowest BCUT2D eigenvalue weighted by Crippen LogP contribution is -2.43. The van der Waals surface area contributed by atoms with Crippen molar-refractivity contribution in [3.05, 3.63) is 10.1 Å². The van der Waals surface area contributed by atoms with Gasteiger partial charge in [-0.3, -0.25) is 0 Å². The highest BCUT2D eigenvalue weighted by Crippen LogP contribution is 1.98. The van der Waals surface area contributed by atoms with E-state index in [2.05, 4.69) is 11.8 Å². The lowest BCUT2D eigenvalue weighted by Gasteiger charge is -2.28. The first-order valence-electron chi connectivity index (χ1n) is 4.07. The first kappa shape index (κ1) is 11.2. The van der Waals surface area contributed by atoms with E-state index in [1.54, 1.807) is 0 Å². The SMILES string of the molecule is CCC[N+](C)(C)CCO[N+](=O)[O-]. The molecule has 0 bridgehead atoms. The van der Waals surface area contributed by atoms with Crippen LogP contribution in [-0.4, -0.2) is 43.4 Å². The zero-order valence-electron chi connectivity index (χ0n) is 7.95. The van der Waals surface area contributed by atoms with Crippen LogP contribution in [0.5, 0.6) is 0 Å². The smallest absolute Gasteiger partial charge is 0.294 e. The molecule has 0 rings (SSSR count). The number of nitrogens with zero attached hydrogens (tertiary/aromatic N) is 2. The van der Waals surface area contributed by atoms with E-state index in [1.807, 2.05) is 14.1 Å². The quantitative estimate of drug-likeness (QED) is 0.340. The molecule has 0 amide bonds. The molecule has 0 aliphatic heterocycles. The number of rotatable bonds is 6. The van der Waals surface area contributed by atoms with Crippen LogP contribution in [0.15, 0.2) is 0 Å². The number of quaternary nitrogens is 1. The zero-order chi connectivity index (χ0) is 9.61. The summed E-state index contributed by atoms with van der Waals surface area (Å²) in [6.45, 7) is 3.96. The Labute approximate surface area is 72.6 Å². The van der Waals surface area contributed by atoms with Crippen LogP contribution in [0.4, 0.5) is 0 Å². The molecule has 5 nitrogen and oxygen atoms in total. The third kappa shape index (κ3) is 5.91. The summed E-state index contributed by atoms with van der Waals surface area (Å²) in [5.41, 5.74) is 0. The molecule has 0 fully saturated rings. The molecule has 0 aliphatic carbocycles. The Morgan fingerprint density at radius 3 is 2.42 bits per heavy atom. The average Bonchev–Trinajstić information content (AvgIpc) is 1.85. The van der Waals surface area contributed by atoms with Crippen molar-refractivity contribution in [2.45, 2.75) is 13.3 Å². The van der Waals surface area contributed by atoms with E-state index >= 15 is 0 Å². The molecule has 5 heteroatoms. The molecular formula is C7H17N2O3+. The molecule has 0 saturated carbocycles. The molecule has 0 heterocycles. The van der Waals surface area contributed by atoms with Crippen LogP contribution in [0.1, 0.15) is 13.3 Å². The lowest BCUT2D eigenvalue weighted by molar-refractivity contribution is -0.898. The number of likely N-dealkylation sites (N-methyl/N-ethyl adjacent to an activating group) is 1. The third-order valence-electron chi connectivity index (χ3n) is 1.72. The van der Waals surface area contributed by atoms with E-state index in [9.17, 15) is 10.1 Å². The minimum atomic E-state index is -0.744. The van der Waals surface area contributed by atoms with Crippen molar-refractivity contribution in [3.8, 4) is 0 Å². The predicted molar refractivity (Wildman–Crippen MR) is 45.1 cm³/mol. The standard InChI is InChI=1S/C7H17N2O3/c1-4-5-9(2,3)6-7-12-8(10)11/h4-7H2,1-3H3/q+1. The second-order valence-corrected chi connectivity index (χ2v) is 3.44. The molecular weight excluding hydrogens is 160 g/mol. The van der Waals surface area contributed by atoms with Gasteiger partial charge in [-0.2, -0.15) is 0 Å². The molecule has 0 atom stereocenters. The van der Waals surface area contributed by atoms with Crippen LogP contribution in [0.2, 0.25) is 0 Å². The van der Waals surface area contributed by atoms with Crippen molar-refractivity contribution >= 4 is 0 Å². The second-order valence-electron chi connectivity index (χ2n) is 3.44. The van der Waals surface area contributed by atoms with Crippen molar-refractivity contribution in [2.24, 2.45) is 0 Å². The molecule has 0 aliphatic rings. The van der Waals surface area contributed by atoms with Gasteiger partial charge >= 0.3 is 0 Å². The van der Waals surface area contributed by atoms with Gasteiger partial charge in [0, 0.05) is 0 Å². The van der Waals surface area contributed by atoms with Crippen LogP contribution in [0.3, 0.4) is 0 Å². The van der Waals surface area contributed by atoms with Crippen molar-refractivity contribution < 1.29 is 14.4 Å². The van der Waals surface area contributed by atoms with Crippen molar-refractivity contribution in [1.29, 1.82) is 0 Å². The van der Waals surface area contributed by atoms with Gasteiger partial charge in [0.25, 0.3) is 5.09 Å². The molecule has 0 aromatic rings. The summed E-state index contributed by atoms with van der Waals surface area (Å²) in [6, 6.07) is 0. The second kappa shape index (κ2) is 4.92. The van der Waals surface area contributed by atoms with E-state index < -0.39 is 5.09 Å².